The van der Waals surface area contributed by atoms with Crippen LogP contribution in [0.25, 0.3) is 6.08 Å². The second-order valence-corrected chi connectivity index (χ2v) is 5.06. The molecule has 0 unspecified atom stereocenters. The summed E-state index contributed by atoms with van der Waals surface area (Å²) in [6, 6.07) is 8.10. The van der Waals surface area contributed by atoms with E-state index in [0.717, 1.165) is 38.3 Å². The van der Waals surface area contributed by atoms with Crippen LogP contribution in [0.5, 0.6) is 0 Å². The minimum atomic E-state index is -0.00872. The molecule has 1 aliphatic rings. The third kappa shape index (κ3) is 3.84. The van der Waals surface area contributed by atoms with Crippen molar-refractivity contribution < 1.29 is 4.79 Å². The van der Waals surface area contributed by atoms with E-state index in [1.165, 1.54) is 5.56 Å². The Balaban J connectivity index is 1.82. The second-order valence-electron chi connectivity index (χ2n) is 5.06. The van der Waals surface area contributed by atoms with E-state index < -0.39 is 0 Å². The number of carbonyl (C=O) groups excluding carboxylic acids is 1. The second kappa shape index (κ2) is 7.10. The molecular weight excluding hydrogens is 250 g/mol. The Morgan fingerprint density at radius 3 is 2.60 bits per heavy atom. The molecule has 0 bridgehead atoms. The van der Waals surface area contributed by atoms with Gasteiger partial charge in [0, 0.05) is 32.4 Å². The van der Waals surface area contributed by atoms with Gasteiger partial charge in [-0.25, -0.2) is 4.79 Å². The van der Waals surface area contributed by atoms with Gasteiger partial charge in [-0.2, -0.15) is 0 Å². The molecule has 2 amide bonds. The normalized spacial score (nSPS) is 16.6. The van der Waals surface area contributed by atoms with Crippen LogP contribution in [0.1, 0.15) is 18.1 Å². The van der Waals surface area contributed by atoms with E-state index in [2.05, 4.69) is 30.1 Å². The van der Waals surface area contributed by atoms with Gasteiger partial charge in [0.05, 0.1) is 0 Å². The van der Waals surface area contributed by atoms with Gasteiger partial charge in [0.15, 0.2) is 0 Å². The van der Waals surface area contributed by atoms with Gasteiger partial charge in [-0.15, -0.1) is 0 Å². The van der Waals surface area contributed by atoms with E-state index >= 15 is 0 Å². The van der Waals surface area contributed by atoms with Gasteiger partial charge >= 0.3 is 6.03 Å². The number of piperazine rings is 1. The summed E-state index contributed by atoms with van der Waals surface area (Å²) >= 11 is 0. The highest BCUT2D eigenvalue weighted by Crippen LogP contribution is 2.08. The van der Waals surface area contributed by atoms with Gasteiger partial charge in [0.25, 0.3) is 0 Å². The Kier molecular flexibility index (Phi) is 5.18. The highest BCUT2D eigenvalue weighted by molar-refractivity contribution is 5.76. The highest BCUT2D eigenvalue weighted by atomic mass is 16.2. The molecule has 1 heterocycles. The molecule has 4 nitrogen and oxygen atoms in total. The summed E-state index contributed by atoms with van der Waals surface area (Å²) in [5, 5.41) is 2.85. The summed E-state index contributed by atoms with van der Waals surface area (Å²) in [5.74, 6) is 0. The molecule has 1 fully saturated rings. The summed E-state index contributed by atoms with van der Waals surface area (Å²) in [6.07, 6.45) is 3.67. The Labute approximate surface area is 121 Å². The smallest absolute Gasteiger partial charge is 0.321 e. The first-order valence-electron chi connectivity index (χ1n) is 7.20. The fourth-order valence-electron chi connectivity index (χ4n) is 2.33. The van der Waals surface area contributed by atoms with Crippen LogP contribution in [0.2, 0.25) is 0 Å². The van der Waals surface area contributed by atoms with Crippen molar-refractivity contribution in [3.05, 3.63) is 41.6 Å². The van der Waals surface area contributed by atoms with Crippen molar-refractivity contribution >= 4 is 12.1 Å². The van der Waals surface area contributed by atoms with Gasteiger partial charge in [0.1, 0.15) is 0 Å². The molecule has 108 valence electrons. The predicted molar refractivity (Wildman–Crippen MR) is 82.4 cm³/mol. The van der Waals surface area contributed by atoms with Gasteiger partial charge < -0.3 is 15.1 Å². The Hall–Kier alpha value is -1.81. The molecule has 20 heavy (non-hydrogen) atoms. The number of carbonyl (C=O) groups is 1. The third-order valence-electron chi connectivity index (χ3n) is 3.76. The summed E-state index contributed by atoms with van der Waals surface area (Å²) < 4.78 is 0. The van der Waals surface area contributed by atoms with Gasteiger partial charge in [-0.1, -0.05) is 31.2 Å². The molecule has 0 saturated carbocycles. The zero-order valence-electron chi connectivity index (χ0n) is 12.3. The Bertz CT molecular complexity index is 476. The quantitative estimate of drug-likeness (QED) is 0.917. The van der Waals surface area contributed by atoms with Crippen molar-refractivity contribution in [1.82, 2.24) is 15.1 Å². The number of rotatable bonds is 3. The maximum absolute atomic E-state index is 12.0. The van der Waals surface area contributed by atoms with Crippen LogP contribution >= 0.6 is 0 Å². The van der Waals surface area contributed by atoms with Crippen LogP contribution in [0.3, 0.4) is 0 Å². The minimum absolute atomic E-state index is 0.00872. The fourth-order valence-corrected chi connectivity index (χ4v) is 2.33. The molecule has 1 N–H and O–H groups in total. The molecule has 2 rings (SSSR count). The van der Waals surface area contributed by atoms with Crippen molar-refractivity contribution in [2.75, 3.05) is 32.7 Å². The van der Waals surface area contributed by atoms with E-state index in [1.54, 1.807) is 6.20 Å². The Morgan fingerprint density at radius 2 is 1.95 bits per heavy atom. The van der Waals surface area contributed by atoms with Gasteiger partial charge in [-0.05, 0) is 30.7 Å². The van der Waals surface area contributed by atoms with E-state index in [9.17, 15) is 4.79 Å². The summed E-state index contributed by atoms with van der Waals surface area (Å²) in [6.45, 7) is 8.81. The van der Waals surface area contributed by atoms with Gasteiger partial charge in [0.2, 0.25) is 0 Å². The SMILES string of the molecule is CCN1CCN(C(=O)N/C=C/c2ccccc2C)CC1. The molecule has 1 aromatic rings. The average Bonchev–Trinajstić information content (AvgIpc) is 2.49. The molecule has 0 aromatic heterocycles. The fraction of sp³-hybridized carbons (Fsp3) is 0.438. The number of urea groups is 1. The lowest BCUT2D eigenvalue weighted by molar-refractivity contribution is 0.145. The maximum Gasteiger partial charge on any atom is 0.321 e. The predicted octanol–water partition coefficient (Wildman–Crippen LogP) is 2.31. The number of nitrogens with zero attached hydrogens (tertiary/aromatic N) is 2. The van der Waals surface area contributed by atoms with Crippen molar-refractivity contribution in [3.63, 3.8) is 0 Å². The van der Waals surface area contributed by atoms with Crippen LogP contribution < -0.4 is 5.32 Å². The summed E-state index contributed by atoms with van der Waals surface area (Å²) in [7, 11) is 0. The first-order valence-corrected chi connectivity index (χ1v) is 7.20. The number of hydrogen-bond acceptors (Lipinski definition) is 2. The topological polar surface area (TPSA) is 35.6 Å². The number of nitrogens with one attached hydrogen (secondary N) is 1. The summed E-state index contributed by atoms with van der Waals surface area (Å²) in [5.41, 5.74) is 2.33. The van der Waals surface area contributed by atoms with Crippen molar-refractivity contribution in [3.8, 4) is 0 Å². The van der Waals surface area contributed by atoms with E-state index in [4.69, 9.17) is 0 Å². The molecule has 1 aromatic carbocycles. The molecule has 0 atom stereocenters. The van der Waals surface area contributed by atoms with Crippen LogP contribution in [-0.2, 0) is 0 Å². The van der Waals surface area contributed by atoms with Crippen LogP contribution in [0.4, 0.5) is 4.79 Å². The number of benzene rings is 1. The van der Waals surface area contributed by atoms with E-state index in [-0.39, 0.29) is 6.03 Å². The molecule has 0 spiro atoms. The standard InChI is InChI=1S/C16H23N3O/c1-3-18-10-12-19(13-11-18)16(20)17-9-8-15-7-5-4-6-14(15)2/h4-9H,3,10-13H2,1-2H3,(H,17,20)/b9-8+. The molecule has 4 heteroatoms. The maximum atomic E-state index is 12.0. The monoisotopic (exact) mass is 273 g/mol. The van der Waals surface area contributed by atoms with Gasteiger partial charge in [-0.3, -0.25) is 0 Å². The van der Waals surface area contributed by atoms with E-state index in [0.29, 0.717) is 0 Å². The minimum Gasteiger partial charge on any atom is -0.322 e. The molecule has 0 radical (unpaired) electrons. The first kappa shape index (κ1) is 14.6. The van der Waals surface area contributed by atoms with Crippen LogP contribution in [0, 0.1) is 6.92 Å². The Morgan fingerprint density at radius 1 is 1.25 bits per heavy atom. The first-order chi connectivity index (χ1) is 9.70. The van der Waals surface area contributed by atoms with Crippen molar-refractivity contribution in [2.45, 2.75) is 13.8 Å². The number of likely N-dealkylation sites (N-methyl/N-ethyl adjacent to an activating group) is 1. The van der Waals surface area contributed by atoms with E-state index in [1.807, 2.05) is 29.2 Å². The zero-order chi connectivity index (χ0) is 14.4. The largest absolute Gasteiger partial charge is 0.322 e. The molecule has 1 aliphatic heterocycles. The van der Waals surface area contributed by atoms with Crippen LogP contribution in [0.15, 0.2) is 30.5 Å². The van der Waals surface area contributed by atoms with Crippen molar-refractivity contribution in [1.29, 1.82) is 0 Å². The van der Waals surface area contributed by atoms with Crippen molar-refractivity contribution in [2.24, 2.45) is 0 Å². The molecule has 0 aliphatic carbocycles. The lowest BCUT2D eigenvalue weighted by Gasteiger charge is -2.33. The third-order valence-corrected chi connectivity index (χ3v) is 3.76. The number of amides is 2. The highest BCUT2D eigenvalue weighted by Gasteiger charge is 2.18. The zero-order valence-corrected chi connectivity index (χ0v) is 12.3. The molecule has 1 saturated heterocycles. The number of aryl methyl sites for hydroxylation is 1. The number of hydrogen-bond donors (Lipinski definition) is 1. The summed E-state index contributed by atoms with van der Waals surface area (Å²) in [4.78, 5) is 16.2. The van der Waals surface area contributed by atoms with Crippen LogP contribution in [-0.4, -0.2) is 48.6 Å². The molecular formula is C16H23N3O. The average molecular weight is 273 g/mol. The lowest BCUT2D eigenvalue weighted by Crippen LogP contribution is -2.50. The lowest BCUT2D eigenvalue weighted by atomic mass is 10.1.